The van der Waals surface area contributed by atoms with Gasteiger partial charge >= 0.3 is 0 Å². The van der Waals surface area contributed by atoms with Crippen molar-refractivity contribution in [2.24, 2.45) is 7.05 Å². The maximum absolute atomic E-state index is 14.0. The molecule has 2 heterocycles. The fraction of sp³-hybridized carbons (Fsp3) is 0.308. The summed E-state index contributed by atoms with van der Waals surface area (Å²) in [6.45, 7) is 0.929. The van der Waals surface area contributed by atoms with Gasteiger partial charge in [-0.1, -0.05) is 0 Å². The minimum atomic E-state index is -0.189. The van der Waals surface area contributed by atoms with E-state index < -0.39 is 0 Å². The van der Waals surface area contributed by atoms with E-state index in [2.05, 4.69) is 10.4 Å². The third kappa shape index (κ3) is 1.79. The zero-order valence-corrected chi connectivity index (χ0v) is 9.70. The van der Waals surface area contributed by atoms with Gasteiger partial charge in [-0.05, 0) is 30.5 Å². The number of fused-ring (bicyclic) bond motifs is 1. The van der Waals surface area contributed by atoms with Gasteiger partial charge in [0.05, 0.1) is 6.20 Å². The van der Waals surface area contributed by atoms with Crippen LogP contribution in [0.2, 0.25) is 0 Å². The van der Waals surface area contributed by atoms with Crippen molar-refractivity contribution in [2.75, 3.05) is 11.9 Å². The summed E-state index contributed by atoms with van der Waals surface area (Å²) in [5.74, 6) is -0.189. The Morgan fingerprint density at radius 2 is 2.29 bits per heavy atom. The van der Waals surface area contributed by atoms with E-state index in [0.29, 0.717) is 5.56 Å². The highest BCUT2D eigenvalue weighted by Crippen LogP contribution is 2.30. The second-order valence-electron chi connectivity index (χ2n) is 4.42. The van der Waals surface area contributed by atoms with Crippen molar-refractivity contribution in [2.45, 2.75) is 12.8 Å². The zero-order chi connectivity index (χ0) is 11.8. The van der Waals surface area contributed by atoms with Crippen LogP contribution < -0.4 is 5.32 Å². The summed E-state index contributed by atoms with van der Waals surface area (Å²) in [5.41, 5.74) is 3.59. The Kier molecular flexibility index (Phi) is 2.35. The summed E-state index contributed by atoms with van der Waals surface area (Å²) in [6, 6.07) is 3.53. The van der Waals surface area contributed by atoms with E-state index in [4.69, 9.17) is 0 Å². The van der Waals surface area contributed by atoms with Gasteiger partial charge in [0.1, 0.15) is 5.82 Å². The van der Waals surface area contributed by atoms with Gasteiger partial charge in [0.15, 0.2) is 0 Å². The molecular weight excluding hydrogens is 217 g/mol. The summed E-state index contributed by atoms with van der Waals surface area (Å²) < 4.78 is 15.7. The first kappa shape index (κ1) is 10.3. The lowest BCUT2D eigenvalue weighted by Gasteiger charge is -2.19. The molecule has 0 saturated carbocycles. The maximum Gasteiger partial charge on any atom is 0.133 e. The van der Waals surface area contributed by atoms with E-state index in [-0.39, 0.29) is 5.82 Å². The maximum atomic E-state index is 14.0. The minimum absolute atomic E-state index is 0.189. The van der Waals surface area contributed by atoms with Crippen LogP contribution in [-0.2, 0) is 13.5 Å². The van der Waals surface area contributed by atoms with Gasteiger partial charge in [-0.25, -0.2) is 4.39 Å². The van der Waals surface area contributed by atoms with Crippen LogP contribution in [0.1, 0.15) is 12.0 Å². The predicted molar refractivity (Wildman–Crippen MR) is 65.4 cm³/mol. The summed E-state index contributed by atoms with van der Waals surface area (Å²) in [4.78, 5) is 0. The highest BCUT2D eigenvalue weighted by atomic mass is 19.1. The molecule has 0 unspecified atom stereocenters. The van der Waals surface area contributed by atoms with Crippen LogP contribution in [0.5, 0.6) is 0 Å². The van der Waals surface area contributed by atoms with Crippen LogP contribution in [-0.4, -0.2) is 16.3 Å². The largest absolute Gasteiger partial charge is 0.385 e. The molecule has 1 aliphatic heterocycles. The van der Waals surface area contributed by atoms with Crippen LogP contribution >= 0.6 is 0 Å². The van der Waals surface area contributed by atoms with Crippen LogP contribution in [0.15, 0.2) is 24.5 Å². The van der Waals surface area contributed by atoms with Crippen molar-refractivity contribution in [3.05, 3.63) is 35.9 Å². The fourth-order valence-electron chi connectivity index (χ4n) is 2.27. The number of hydrogen-bond donors (Lipinski definition) is 1. The third-order valence-corrected chi connectivity index (χ3v) is 3.15. The molecule has 0 fully saturated rings. The molecule has 3 rings (SSSR count). The zero-order valence-electron chi connectivity index (χ0n) is 9.70. The molecule has 0 bridgehead atoms. The first-order chi connectivity index (χ1) is 8.24. The molecule has 0 radical (unpaired) electrons. The van der Waals surface area contributed by atoms with E-state index in [9.17, 15) is 4.39 Å². The van der Waals surface area contributed by atoms with Crippen LogP contribution in [0, 0.1) is 5.82 Å². The van der Waals surface area contributed by atoms with Crippen LogP contribution in [0.4, 0.5) is 10.1 Å². The Morgan fingerprint density at radius 1 is 1.41 bits per heavy atom. The molecular formula is C13H14FN3. The van der Waals surface area contributed by atoms with Gasteiger partial charge in [-0.2, -0.15) is 5.10 Å². The van der Waals surface area contributed by atoms with E-state index in [0.717, 1.165) is 30.6 Å². The average Bonchev–Trinajstić information content (AvgIpc) is 2.75. The van der Waals surface area contributed by atoms with E-state index in [1.54, 1.807) is 16.9 Å². The number of halogens is 1. The summed E-state index contributed by atoms with van der Waals surface area (Å²) in [6.07, 6.45) is 5.64. The lowest BCUT2D eigenvalue weighted by Crippen LogP contribution is -2.12. The summed E-state index contributed by atoms with van der Waals surface area (Å²) in [5, 5.41) is 7.31. The number of hydrogen-bond acceptors (Lipinski definition) is 2. The highest BCUT2D eigenvalue weighted by molar-refractivity contribution is 5.69. The molecule has 1 aromatic heterocycles. The quantitative estimate of drug-likeness (QED) is 0.817. The molecule has 3 nitrogen and oxygen atoms in total. The Hall–Kier alpha value is -1.84. The molecule has 0 aliphatic carbocycles. The predicted octanol–water partition coefficient (Wildman–Crippen LogP) is 2.58. The van der Waals surface area contributed by atoms with Crippen LogP contribution in [0.25, 0.3) is 11.1 Å². The molecule has 1 N–H and O–H groups in total. The molecule has 1 aliphatic rings. The van der Waals surface area contributed by atoms with Crippen molar-refractivity contribution >= 4 is 5.69 Å². The topological polar surface area (TPSA) is 29.9 Å². The lowest BCUT2D eigenvalue weighted by molar-refractivity contribution is 0.629. The van der Waals surface area contributed by atoms with Crippen molar-refractivity contribution in [3.63, 3.8) is 0 Å². The monoisotopic (exact) mass is 231 g/mol. The normalized spacial score (nSPS) is 14.2. The molecule has 17 heavy (non-hydrogen) atoms. The van der Waals surface area contributed by atoms with E-state index in [1.165, 1.54) is 5.56 Å². The highest BCUT2D eigenvalue weighted by Gasteiger charge is 2.14. The number of nitrogens with one attached hydrogen (secondary N) is 1. The standard InChI is InChI=1S/C13H14FN3/c1-17-8-10(7-16-17)11-5-9-3-2-4-15-13(9)6-12(11)14/h5-8,15H,2-4H2,1H3. The Balaban J connectivity index is 2.11. The number of aromatic nitrogens is 2. The molecule has 88 valence electrons. The third-order valence-electron chi connectivity index (χ3n) is 3.15. The van der Waals surface area contributed by atoms with Crippen molar-refractivity contribution < 1.29 is 4.39 Å². The fourth-order valence-corrected chi connectivity index (χ4v) is 2.27. The molecule has 4 heteroatoms. The van der Waals surface area contributed by atoms with Crippen molar-refractivity contribution in [3.8, 4) is 11.1 Å². The number of aryl methyl sites for hydroxylation is 2. The van der Waals surface area contributed by atoms with Gasteiger partial charge in [-0.3, -0.25) is 4.68 Å². The molecule has 2 aromatic rings. The van der Waals surface area contributed by atoms with Crippen LogP contribution in [0.3, 0.4) is 0 Å². The van der Waals surface area contributed by atoms with Gasteiger partial charge in [0.25, 0.3) is 0 Å². The molecule has 0 spiro atoms. The molecule has 0 saturated heterocycles. The number of anilines is 1. The van der Waals surface area contributed by atoms with E-state index >= 15 is 0 Å². The SMILES string of the molecule is Cn1cc(-c2cc3c(cc2F)NCCC3)cn1. The second kappa shape index (κ2) is 3.87. The Morgan fingerprint density at radius 3 is 3.06 bits per heavy atom. The van der Waals surface area contributed by atoms with Gasteiger partial charge < -0.3 is 5.32 Å². The van der Waals surface area contributed by atoms with Crippen molar-refractivity contribution in [1.29, 1.82) is 0 Å². The number of nitrogens with zero attached hydrogens (tertiary/aromatic N) is 2. The Labute approximate surface area is 99.3 Å². The second-order valence-corrected chi connectivity index (χ2v) is 4.42. The molecule has 0 amide bonds. The minimum Gasteiger partial charge on any atom is -0.385 e. The molecule has 1 aromatic carbocycles. The summed E-state index contributed by atoms with van der Waals surface area (Å²) in [7, 11) is 1.83. The molecule has 0 atom stereocenters. The van der Waals surface area contributed by atoms with Gasteiger partial charge in [-0.15, -0.1) is 0 Å². The van der Waals surface area contributed by atoms with Gasteiger partial charge in [0, 0.05) is 36.6 Å². The van der Waals surface area contributed by atoms with Crippen molar-refractivity contribution in [1.82, 2.24) is 9.78 Å². The number of rotatable bonds is 1. The first-order valence-corrected chi connectivity index (χ1v) is 5.79. The van der Waals surface area contributed by atoms with Gasteiger partial charge in [0.2, 0.25) is 0 Å². The number of benzene rings is 1. The average molecular weight is 231 g/mol. The lowest BCUT2D eigenvalue weighted by atomic mass is 9.98. The Bertz CT molecular complexity index is 560. The smallest absolute Gasteiger partial charge is 0.133 e. The summed E-state index contributed by atoms with van der Waals surface area (Å²) >= 11 is 0. The first-order valence-electron chi connectivity index (χ1n) is 5.79. The van der Waals surface area contributed by atoms with E-state index in [1.807, 2.05) is 19.3 Å².